The zero-order valence-corrected chi connectivity index (χ0v) is 10.2. The number of nitrogens with two attached hydrogens (primary N) is 1. The lowest BCUT2D eigenvalue weighted by atomic mass is 10.4. The Kier molecular flexibility index (Phi) is 3.05. The summed E-state index contributed by atoms with van der Waals surface area (Å²) in [5.74, 6) is 1.19. The van der Waals surface area contributed by atoms with Gasteiger partial charge in [-0.3, -0.25) is 0 Å². The minimum Gasteiger partial charge on any atom is -0.368 e. The average molecular weight is 234 g/mol. The average Bonchev–Trinajstić information content (AvgIpc) is 2.68. The zero-order chi connectivity index (χ0) is 11.5. The van der Waals surface area contributed by atoms with Gasteiger partial charge >= 0.3 is 0 Å². The summed E-state index contributed by atoms with van der Waals surface area (Å²) in [7, 11) is 2.00. The summed E-state index contributed by atoms with van der Waals surface area (Å²) < 4.78 is 0. The number of rotatable bonds is 3. The van der Waals surface area contributed by atoms with Crippen molar-refractivity contribution in [1.82, 2.24) is 9.97 Å². The van der Waals surface area contributed by atoms with Crippen LogP contribution in [0.4, 0.5) is 11.8 Å². The molecule has 0 bridgehead atoms. The molecule has 0 fully saturated rings. The van der Waals surface area contributed by atoms with E-state index in [0.29, 0.717) is 5.95 Å². The first-order valence-electron chi connectivity index (χ1n) is 5.00. The third kappa shape index (κ3) is 2.49. The quantitative estimate of drug-likeness (QED) is 0.883. The van der Waals surface area contributed by atoms with Gasteiger partial charge in [0.05, 0.1) is 6.54 Å². The summed E-state index contributed by atoms with van der Waals surface area (Å²) in [5.41, 5.74) is 6.51. The highest BCUT2D eigenvalue weighted by Crippen LogP contribution is 2.17. The van der Waals surface area contributed by atoms with Crippen LogP contribution in [0, 0.1) is 6.92 Å². The number of hydrogen-bond donors (Lipinski definition) is 1. The van der Waals surface area contributed by atoms with Crippen LogP contribution < -0.4 is 10.6 Å². The molecule has 0 amide bonds. The Labute approximate surface area is 98.8 Å². The molecule has 0 saturated carbocycles. The van der Waals surface area contributed by atoms with E-state index in [-0.39, 0.29) is 0 Å². The van der Waals surface area contributed by atoms with Gasteiger partial charge < -0.3 is 10.6 Å². The predicted octanol–water partition coefficient (Wildman–Crippen LogP) is 2.07. The number of aromatic nitrogens is 2. The van der Waals surface area contributed by atoms with E-state index in [1.165, 1.54) is 4.88 Å². The minimum absolute atomic E-state index is 0.327. The van der Waals surface area contributed by atoms with E-state index in [1.54, 1.807) is 11.3 Å². The molecule has 0 saturated heterocycles. The summed E-state index contributed by atoms with van der Waals surface area (Å²) in [6.45, 7) is 2.76. The second kappa shape index (κ2) is 4.49. The molecular weight excluding hydrogens is 220 g/mol. The number of anilines is 2. The van der Waals surface area contributed by atoms with Gasteiger partial charge in [-0.05, 0) is 18.4 Å². The summed E-state index contributed by atoms with van der Waals surface area (Å²) in [6.07, 6.45) is 0. The molecule has 2 aromatic heterocycles. The second-order valence-corrected chi connectivity index (χ2v) is 4.69. The van der Waals surface area contributed by atoms with Crippen LogP contribution in [-0.4, -0.2) is 17.0 Å². The van der Waals surface area contributed by atoms with Gasteiger partial charge in [0.1, 0.15) is 5.82 Å². The van der Waals surface area contributed by atoms with E-state index >= 15 is 0 Å². The summed E-state index contributed by atoms with van der Waals surface area (Å²) in [5, 5.41) is 2.07. The highest BCUT2D eigenvalue weighted by Gasteiger charge is 2.06. The van der Waals surface area contributed by atoms with Crippen molar-refractivity contribution in [1.29, 1.82) is 0 Å². The number of aryl methyl sites for hydroxylation is 1. The third-order valence-electron chi connectivity index (χ3n) is 2.22. The second-order valence-electron chi connectivity index (χ2n) is 3.66. The van der Waals surface area contributed by atoms with Crippen molar-refractivity contribution in [3.63, 3.8) is 0 Å². The fourth-order valence-electron chi connectivity index (χ4n) is 1.49. The smallest absolute Gasteiger partial charge is 0.222 e. The molecule has 0 atom stereocenters. The Morgan fingerprint density at radius 3 is 2.88 bits per heavy atom. The Morgan fingerprint density at radius 2 is 2.25 bits per heavy atom. The lowest BCUT2D eigenvalue weighted by Gasteiger charge is -2.17. The molecule has 0 spiro atoms. The molecule has 2 rings (SSSR count). The van der Waals surface area contributed by atoms with Crippen LogP contribution in [-0.2, 0) is 6.54 Å². The van der Waals surface area contributed by atoms with Crippen LogP contribution in [0.2, 0.25) is 0 Å². The highest BCUT2D eigenvalue weighted by molar-refractivity contribution is 7.09. The lowest BCUT2D eigenvalue weighted by molar-refractivity contribution is 0.903. The molecule has 16 heavy (non-hydrogen) atoms. The van der Waals surface area contributed by atoms with Crippen LogP contribution in [0.25, 0.3) is 0 Å². The molecule has 0 unspecified atom stereocenters. The molecular formula is C11H14N4S. The van der Waals surface area contributed by atoms with Crippen LogP contribution in [0.15, 0.2) is 23.6 Å². The van der Waals surface area contributed by atoms with Crippen molar-refractivity contribution < 1.29 is 0 Å². The first-order chi connectivity index (χ1) is 7.65. The van der Waals surface area contributed by atoms with Gasteiger partial charge in [-0.15, -0.1) is 11.3 Å². The van der Waals surface area contributed by atoms with Crippen molar-refractivity contribution in [2.45, 2.75) is 13.5 Å². The Balaban J connectivity index is 2.17. The summed E-state index contributed by atoms with van der Waals surface area (Å²) in [6, 6.07) is 6.09. The van der Waals surface area contributed by atoms with Crippen LogP contribution >= 0.6 is 11.3 Å². The molecule has 4 nitrogen and oxygen atoms in total. The molecule has 5 heteroatoms. The SMILES string of the molecule is Cc1cc(N(C)Cc2cccs2)nc(N)n1. The molecule has 2 N–H and O–H groups in total. The molecule has 2 aromatic rings. The Morgan fingerprint density at radius 1 is 1.44 bits per heavy atom. The van der Waals surface area contributed by atoms with E-state index in [2.05, 4.69) is 26.3 Å². The van der Waals surface area contributed by atoms with Crippen LogP contribution in [0.1, 0.15) is 10.6 Å². The molecule has 84 valence electrons. The van der Waals surface area contributed by atoms with E-state index < -0.39 is 0 Å². The normalized spacial score (nSPS) is 10.4. The van der Waals surface area contributed by atoms with Gasteiger partial charge in [0.25, 0.3) is 0 Å². The number of nitrogens with zero attached hydrogens (tertiary/aromatic N) is 3. The minimum atomic E-state index is 0.327. The number of thiophene rings is 1. The molecule has 0 aliphatic heterocycles. The molecule has 0 aromatic carbocycles. The van der Waals surface area contributed by atoms with Gasteiger partial charge in [-0.2, -0.15) is 4.98 Å². The summed E-state index contributed by atoms with van der Waals surface area (Å²) >= 11 is 1.74. The van der Waals surface area contributed by atoms with Crippen LogP contribution in [0.3, 0.4) is 0 Å². The van der Waals surface area contributed by atoms with E-state index in [1.807, 2.05) is 26.1 Å². The van der Waals surface area contributed by atoms with Gasteiger partial charge in [-0.25, -0.2) is 4.98 Å². The van der Waals surface area contributed by atoms with Crippen molar-refractivity contribution in [3.8, 4) is 0 Å². The van der Waals surface area contributed by atoms with E-state index in [9.17, 15) is 0 Å². The maximum absolute atomic E-state index is 5.62. The number of hydrogen-bond acceptors (Lipinski definition) is 5. The van der Waals surface area contributed by atoms with Gasteiger partial charge in [0.2, 0.25) is 5.95 Å². The lowest BCUT2D eigenvalue weighted by Crippen LogP contribution is -2.18. The molecule has 0 radical (unpaired) electrons. The molecule has 0 aliphatic rings. The summed E-state index contributed by atoms with van der Waals surface area (Å²) in [4.78, 5) is 11.6. The Bertz CT molecular complexity index is 447. The third-order valence-corrected chi connectivity index (χ3v) is 3.08. The first-order valence-corrected chi connectivity index (χ1v) is 5.88. The fourth-order valence-corrected chi connectivity index (χ4v) is 2.24. The standard InChI is InChI=1S/C11H14N4S/c1-8-6-10(14-11(12)13-8)15(2)7-9-4-3-5-16-9/h3-6H,7H2,1-2H3,(H2,12,13,14). The van der Waals surface area contributed by atoms with Crippen molar-refractivity contribution in [2.75, 3.05) is 17.7 Å². The molecule has 2 heterocycles. The highest BCUT2D eigenvalue weighted by atomic mass is 32.1. The predicted molar refractivity (Wildman–Crippen MR) is 67.6 cm³/mol. The maximum Gasteiger partial charge on any atom is 0.222 e. The van der Waals surface area contributed by atoms with Gasteiger partial charge in [0.15, 0.2) is 0 Å². The topological polar surface area (TPSA) is 55.0 Å². The van der Waals surface area contributed by atoms with E-state index in [0.717, 1.165) is 18.1 Å². The van der Waals surface area contributed by atoms with Crippen molar-refractivity contribution >= 4 is 23.1 Å². The largest absolute Gasteiger partial charge is 0.368 e. The molecule has 0 aliphatic carbocycles. The fraction of sp³-hybridized carbons (Fsp3) is 0.273. The van der Waals surface area contributed by atoms with Crippen molar-refractivity contribution in [3.05, 3.63) is 34.2 Å². The van der Waals surface area contributed by atoms with E-state index in [4.69, 9.17) is 5.73 Å². The maximum atomic E-state index is 5.62. The zero-order valence-electron chi connectivity index (χ0n) is 9.34. The van der Waals surface area contributed by atoms with Crippen LogP contribution in [0.5, 0.6) is 0 Å². The van der Waals surface area contributed by atoms with Gasteiger partial charge in [0, 0.05) is 23.7 Å². The number of nitrogen functional groups attached to an aromatic ring is 1. The van der Waals surface area contributed by atoms with Gasteiger partial charge in [-0.1, -0.05) is 6.07 Å². The first kappa shape index (κ1) is 10.9. The Hall–Kier alpha value is -1.62. The van der Waals surface area contributed by atoms with Crippen molar-refractivity contribution in [2.24, 2.45) is 0 Å². The monoisotopic (exact) mass is 234 g/mol.